The van der Waals surface area contributed by atoms with Crippen molar-refractivity contribution < 1.29 is 0 Å². The average Bonchev–Trinajstić information content (AvgIpc) is 3.42. The molecule has 0 saturated carbocycles. The predicted molar refractivity (Wildman–Crippen MR) is 175 cm³/mol. The zero-order chi connectivity index (χ0) is 27.9. The first kappa shape index (κ1) is 24.0. The second-order valence-corrected chi connectivity index (χ2v) is 12.0. The van der Waals surface area contributed by atoms with Gasteiger partial charge in [-0.05, 0) is 71.0 Å². The lowest BCUT2D eigenvalue weighted by molar-refractivity contribution is 0.660. The third-order valence-corrected chi connectivity index (χ3v) is 9.23. The van der Waals surface area contributed by atoms with Crippen molar-refractivity contribution in [1.82, 2.24) is 4.57 Å². The van der Waals surface area contributed by atoms with Gasteiger partial charge in [0.25, 0.3) is 0 Å². The highest BCUT2D eigenvalue weighted by Crippen LogP contribution is 2.55. The molecule has 0 aliphatic heterocycles. The lowest BCUT2D eigenvalue weighted by Crippen LogP contribution is -2.17. The highest BCUT2D eigenvalue weighted by atomic mass is 15.1. The highest BCUT2D eigenvalue weighted by molar-refractivity contribution is 6.17. The van der Waals surface area contributed by atoms with Gasteiger partial charge in [-0.1, -0.05) is 104 Å². The van der Waals surface area contributed by atoms with Crippen molar-refractivity contribution in [2.75, 3.05) is 4.90 Å². The van der Waals surface area contributed by atoms with Crippen LogP contribution >= 0.6 is 0 Å². The van der Waals surface area contributed by atoms with Gasteiger partial charge < -0.3 is 9.47 Å². The summed E-state index contributed by atoms with van der Waals surface area (Å²) in [6.45, 7) is 6.97. The first-order valence-corrected chi connectivity index (χ1v) is 14.4. The number of hydrogen-bond donors (Lipinski definition) is 0. The maximum absolute atomic E-state index is 2.49. The number of para-hydroxylation sites is 2. The van der Waals surface area contributed by atoms with Gasteiger partial charge in [-0.15, -0.1) is 0 Å². The van der Waals surface area contributed by atoms with Crippen molar-refractivity contribution in [3.8, 4) is 11.1 Å². The van der Waals surface area contributed by atoms with Crippen molar-refractivity contribution in [2.45, 2.75) is 26.2 Å². The van der Waals surface area contributed by atoms with Gasteiger partial charge in [0.2, 0.25) is 0 Å². The second-order valence-electron chi connectivity index (χ2n) is 12.0. The summed E-state index contributed by atoms with van der Waals surface area (Å²) in [5, 5.41) is 5.12. The van der Waals surface area contributed by atoms with Gasteiger partial charge in [-0.2, -0.15) is 0 Å². The number of hydrogen-bond acceptors (Lipinski definition) is 1. The van der Waals surface area contributed by atoms with Crippen LogP contribution in [-0.2, 0) is 12.5 Å². The van der Waals surface area contributed by atoms with E-state index < -0.39 is 0 Å². The van der Waals surface area contributed by atoms with Gasteiger partial charge >= 0.3 is 0 Å². The van der Waals surface area contributed by atoms with E-state index in [0.29, 0.717) is 0 Å². The molecule has 198 valence electrons. The molecule has 1 aliphatic rings. The largest absolute Gasteiger partial charge is 0.344 e. The topological polar surface area (TPSA) is 8.17 Å². The van der Waals surface area contributed by atoms with Gasteiger partial charge in [-0.3, -0.25) is 0 Å². The number of rotatable bonds is 3. The number of nitrogens with zero attached hydrogens (tertiary/aromatic N) is 2. The Morgan fingerprint density at radius 1 is 0.585 bits per heavy atom. The zero-order valence-electron chi connectivity index (χ0n) is 23.9. The van der Waals surface area contributed by atoms with Crippen LogP contribution in [0.4, 0.5) is 17.1 Å². The lowest BCUT2D eigenvalue weighted by atomic mass is 9.81. The van der Waals surface area contributed by atoms with Crippen molar-refractivity contribution in [2.24, 2.45) is 7.05 Å². The van der Waals surface area contributed by atoms with Crippen LogP contribution in [0.15, 0.2) is 121 Å². The molecule has 0 bridgehead atoms. The van der Waals surface area contributed by atoms with Crippen molar-refractivity contribution >= 4 is 49.6 Å². The van der Waals surface area contributed by atoms with Crippen LogP contribution in [0.3, 0.4) is 0 Å². The molecule has 0 amide bonds. The maximum atomic E-state index is 2.49. The Morgan fingerprint density at radius 3 is 2.07 bits per heavy atom. The fourth-order valence-electron chi connectivity index (χ4n) is 7.22. The molecular formula is C39H32N2. The Kier molecular flexibility index (Phi) is 5.03. The molecule has 41 heavy (non-hydrogen) atoms. The molecule has 1 aliphatic carbocycles. The Bertz CT molecular complexity index is 2150. The fourth-order valence-corrected chi connectivity index (χ4v) is 7.22. The summed E-state index contributed by atoms with van der Waals surface area (Å²) >= 11 is 0. The predicted octanol–water partition coefficient (Wildman–Crippen LogP) is 10.6. The summed E-state index contributed by atoms with van der Waals surface area (Å²) in [6, 6.07) is 44.7. The van der Waals surface area contributed by atoms with E-state index in [1.165, 1.54) is 71.8 Å². The molecule has 1 aromatic heterocycles. The van der Waals surface area contributed by atoms with Crippen LogP contribution in [0.5, 0.6) is 0 Å². The molecular weight excluding hydrogens is 496 g/mol. The summed E-state index contributed by atoms with van der Waals surface area (Å²) in [5.74, 6) is 0. The molecule has 2 nitrogen and oxygen atoms in total. The van der Waals surface area contributed by atoms with Gasteiger partial charge in [0.1, 0.15) is 0 Å². The smallest absolute Gasteiger partial charge is 0.0562 e. The lowest BCUT2D eigenvalue weighted by Gasteiger charge is -2.30. The average molecular weight is 529 g/mol. The normalized spacial score (nSPS) is 13.6. The van der Waals surface area contributed by atoms with Crippen LogP contribution in [0.1, 0.15) is 30.5 Å². The summed E-state index contributed by atoms with van der Waals surface area (Å²) in [6.07, 6.45) is 0. The van der Waals surface area contributed by atoms with E-state index in [1.54, 1.807) is 0 Å². The van der Waals surface area contributed by atoms with E-state index in [-0.39, 0.29) is 5.41 Å². The Morgan fingerprint density at radius 2 is 1.27 bits per heavy atom. The van der Waals surface area contributed by atoms with Crippen LogP contribution < -0.4 is 4.90 Å². The van der Waals surface area contributed by atoms with E-state index in [1.807, 2.05) is 0 Å². The number of fused-ring (bicyclic) bond motifs is 8. The molecule has 0 N–H and O–H groups in total. The Balaban J connectivity index is 1.51. The number of aromatic nitrogens is 1. The molecule has 1 heterocycles. The minimum absolute atomic E-state index is 0.108. The van der Waals surface area contributed by atoms with Crippen molar-refractivity contribution in [1.29, 1.82) is 0 Å². The molecule has 7 aromatic rings. The van der Waals surface area contributed by atoms with Gasteiger partial charge in [0.05, 0.1) is 16.9 Å². The molecule has 0 radical (unpaired) electrons. The Labute approximate surface area is 241 Å². The van der Waals surface area contributed by atoms with E-state index >= 15 is 0 Å². The number of aryl methyl sites for hydroxylation is 2. The number of anilines is 3. The first-order valence-electron chi connectivity index (χ1n) is 14.4. The van der Waals surface area contributed by atoms with Crippen LogP contribution in [0.2, 0.25) is 0 Å². The molecule has 0 saturated heterocycles. The van der Waals surface area contributed by atoms with Gasteiger partial charge in [0, 0.05) is 39.8 Å². The molecule has 0 unspecified atom stereocenters. The molecule has 0 atom stereocenters. The summed E-state index contributed by atoms with van der Waals surface area (Å²) in [4.78, 5) is 2.49. The van der Waals surface area contributed by atoms with Gasteiger partial charge in [0.15, 0.2) is 0 Å². The number of benzene rings is 6. The highest BCUT2D eigenvalue weighted by Gasteiger charge is 2.38. The minimum Gasteiger partial charge on any atom is -0.344 e. The Hall–Kier alpha value is -4.82. The molecule has 8 rings (SSSR count). The van der Waals surface area contributed by atoms with Crippen molar-refractivity contribution in [3.63, 3.8) is 0 Å². The van der Waals surface area contributed by atoms with E-state index in [2.05, 4.69) is 159 Å². The maximum Gasteiger partial charge on any atom is 0.0562 e. The third-order valence-electron chi connectivity index (χ3n) is 9.23. The summed E-state index contributed by atoms with van der Waals surface area (Å²) in [5.41, 5.74) is 12.8. The summed E-state index contributed by atoms with van der Waals surface area (Å²) < 4.78 is 2.32. The van der Waals surface area contributed by atoms with Crippen LogP contribution in [0.25, 0.3) is 43.7 Å². The van der Waals surface area contributed by atoms with E-state index in [4.69, 9.17) is 0 Å². The molecule has 2 heteroatoms. The van der Waals surface area contributed by atoms with Crippen LogP contribution in [0, 0.1) is 6.92 Å². The molecule has 0 spiro atoms. The SMILES string of the molecule is Cc1ccc2c(c1)C(C)(C)c1cc(N(c3ccccc3)c3cccc4c3c3ccccc3n4C)c3ccccc3c1-2. The third kappa shape index (κ3) is 3.31. The second kappa shape index (κ2) is 8.59. The standard InChI is InChI=1S/C39H32N2/c1-25-21-22-29-31(23-25)39(2,3)32-24-36(27-15-8-9-16-28(27)37(29)32)41(26-13-6-5-7-14-26)35-20-12-19-34-38(35)30-17-10-11-18-33(30)40(34)4/h5-24H,1-4H3. The van der Waals surface area contributed by atoms with Crippen LogP contribution in [-0.4, -0.2) is 4.57 Å². The first-order chi connectivity index (χ1) is 19.9. The van der Waals surface area contributed by atoms with Gasteiger partial charge in [-0.25, -0.2) is 0 Å². The molecule has 6 aromatic carbocycles. The van der Waals surface area contributed by atoms with Crippen molar-refractivity contribution in [3.05, 3.63) is 138 Å². The monoisotopic (exact) mass is 528 g/mol. The summed E-state index contributed by atoms with van der Waals surface area (Å²) in [7, 11) is 2.17. The zero-order valence-corrected chi connectivity index (χ0v) is 23.9. The fraction of sp³-hybridized carbons (Fsp3) is 0.128. The van der Waals surface area contributed by atoms with E-state index in [9.17, 15) is 0 Å². The minimum atomic E-state index is -0.108. The quantitative estimate of drug-likeness (QED) is 0.221. The molecule has 0 fully saturated rings. The van der Waals surface area contributed by atoms with E-state index in [0.717, 1.165) is 5.69 Å².